The molecule has 5 heteroatoms. The first-order valence-corrected chi connectivity index (χ1v) is 6.64. The summed E-state index contributed by atoms with van der Waals surface area (Å²) in [6.45, 7) is 2.49. The minimum Gasteiger partial charge on any atom is -0.406 e. The van der Waals surface area contributed by atoms with E-state index in [9.17, 15) is 13.2 Å². The molecule has 2 aromatic carbocycles. The monoisotopic (exact) mass is 295 g/mol. The van der Waals surface area contributed by atoms with Crippen LogP contribution in [0.15, 0.2) is 48.5 Å². The highest BCUT2D eigenvalue weighted by Crippen LogP contribution is 2.24. The Bertz CT molecular complexity index is 596. The van der Waals surface area contributed by atoms with E-state index in [2.05, 4.69) is 17.0 Å². The van der Waals surface area contributed by atoms with E-state index >= 15 is 0 Å². The van der Waals surface area contributed by atoms with Gasteiger partial charge in [0.05, 0.1) is 0 Å². The molecule has 0 radical (unpaired) electrons. The normalized spacial score (nSPS) is 11.2. The Balaban J connectivity index is 2.05. The summed E-state index contributed by atoms with van der Waals surface area (Å²) in [5.41, 5.74) is 2.88. The van der Waals surface area contributed by atoms with Crippen molar-refractivity contribution in [3.63, 3.8) is 0 Å². The Labute approximate surface area is 121 Å². The number of benzene rings is 2. The van der Waals surface area contributed by atoms with E-state index in [1.807, 2.05) is 24.3 Å². The van der Waals surface area contributed by atoms with Crippen molar-refractivity contribution in [3.05, 3.63) is 59.7 Å². The van der Waals surface area contributed by atoms with Gasteiger partial charge in [-0.1, -0.05) is 37.3 Å². The van der Waals surface area contributed by atoms with Crippen LogP contribution in [-0.2, 0) is 13.0 Å². The van der Waals surface area contributed by atoms with Gasteiger partial charge in [0.25, 0.3) is 0 Å². The minimum atomic E-state index is -4.67. The molecule has 2 rings (SSSR count). The third kappa shape index (κ3) is 4.70. The second kappa shape index (κ2) is 6.52. The summed E-state index contributed by atoms with van der Waals surface area (Å²) in [6.07, 6.45) is -3.78. The lowest BCUT2D eigenvalue weighted by atomic mass is 10.1. The first kappa shape index (κ1) is 15.2. The highest BCUT2D eigenvalue weighted by Gasteiger charge is 2.31. The van der Waals surface area contributed by atoms with Crippen molar-refractivity contribution >= 4 is 5.69 Å². The maximum atomic E-state index is 12.2. The number of hydrogen-bond donors (Lipinski definition) is 1. The van der Waals surface area contributed by atoms with Crippen LogP contribution in [0.25, 0.3) is 0 Å². The van der Waals surface area contributed by atoms with Gasteiger partial charge in [-0.05, 0) is 35.7 Å². The predicted molar refractivity (Wildman–Crippen MR) is 76.3 cm³/mol. The average Bonchev–Trinajstić information content (AvgIpc) is 2.44. The summed E-state index contributed by atoms with van der Waals surface area (Å²) in [5, 5.41) is 3.23. The van der Waals surface area contributed by atoms with Crippen LogP contribution in [-0.4, -0.2) is 6.36 Å². The van der Waals surface area contributed by atoms with E-state index in [0.717, 1.165) is 17.7 Å². The fourth-order valence-electron chi connectivity index (χ4n) is 2.05. The molecule has 0 aromatic heterocycles. The molecular formula is C16H16F3NO. The van der Waals surface area contributed by atoms with Gasteiger partial charge in [-0.2, -0.15) is 0 Å². The molecule has 1 N–H and O–H groups in total. The summed E-state index contributed by atoms with van der Waals surface area (Å²) in [4.78, 5) is 0. The number of alkyl halides is 3. The lowest BCUT2D eigenvalue weighted by Gasteiger charge is -2.12. The van der Waals surface area contributed by atoms with Crippen molar-refractivity contribution in [1.82, 2.24) is 0 Å². The van der Waals surface area contributed by atoms with E-state index in [-0.39, 0.29) is 5.75 Å². The number of ether oxygens (including phenoxy) is 1. The van der Waals surface area contributed by atoms with Gasteiger partial charge in [-0.15, -0.1) is 13.2 Å². The Morgan fingerprint density at radius 2 is 1.81 bits per heavy atom. The molecule has 0 aliphatic rings. The van der Waals surface area contributed by atoms with Gasteiger partial charge in [-0.25, -0.2) is 0 Å². The maximum absolute atomic E-state index is 12.2. The van der Waals surface area contributed by atoms with Gasteiger partial charge in [0.1, 0.15) is 5.75 Å². The quantitative estimate of drug-likeness (QED) is 0.858. The number of aryl methyl sites for hydroxylation is 1. The molecule has 0 saturated heterocycles. The topological polar surface area (TPSA) is 21.3 Å². The highest BCUT2D eigenvalue weighted by atomic mass is 19.4. The molecule has 21 heavy (non-hydrogen) atoms. The maximum Gasteiger partial charge on any atom is 0.573 e. The smallest absolute Gasteiger partial charge is 0.406 e. The zero-order valence-corrected chi connectivity index (χ0v) is 11.6. The second-order valence-corrected chi connectivity index (χ2v) is 4.56. The van der Waals surface area contributed by atoms with Crippen LogP contribution in [0.1, 0.15) is 18.1 Å². The number of nitrogens with one attached hydrogen (secondary N) is 1. The number of para-hydroxylation sites is 1. The van der Waals surface area contributed by atoms with Crippen molar-refractivity contribution in [3.8, 4) is 5.75 Å². The van der Waals surface area contributed by atoms with Crippen molar-refractivity contribution in [2.24, 2.45) is 0 Å². The van der Waals surface area contributed by atoms with E-state index in [0.29, 0.717) is 6.54 Å². The largest absolute Gasteiger partial charge is 0.573 e. The molecule has 0 aliphatic carbocycles. The minimum absolute atomic E-state index is 0.203. The molecule has 0 saturated carbocycles. The van der Waals surface area contributed by atoms with Crippen LogP contribution in [0, 0.1) is 0 Å². The molecule has 0 aliphatic heterocycles. The molecule has 0 atom stereocenters. The van der Waals surface area contributed by atoms with Crippen LogP contribution in [0.4, 0.5) is 18.9 Å². The van der Waals surface area contributed by atoms with Gasteiger partial charge < -0.3 is 10.1 Å². The Morgan fingerprint density at radius 1 is 1.05 bits per heavy atom. The van der Waals surface area contributed by atoms with Crippen molar-refractivity contribution in [1.29, 1.82) is 0 Å². The molecule has 0 bridgehead atoms. The van der Waals surface area contributed by atoms with Crippen LogP contribution >= 0.6 is 0 Å². The van der Waals surface area contributed by atoms with Gasteiger partial charge >= 0.3 is 6.36 Å². The third-order valence-corrected chi connectivity index (χ3v) is 3.01. The Morgan fingerprint density at radius 3 is 2.52 bits per heavy atom. The standard InChI is InChI=1S/C16H16F3NO/c1-2-13-7-3-4-9-15(13)20-11-12-6-5-8-14(10-12)21-16(17,18)19/h3-10,20H,2,11H2,1H3. The molecule has 0 fully saturated rings. The fourth-order valence-corrected chi connectivity index (χ4v) is 2.05. The van der Waals surface area contributed by atoms with Crippen molar-refractivity contribution in [2.75, 3.05) is 5.32 Å². The zero-order valence-electron chi connectivity index (χ0n) is 11.6. The molecule has 2 nitrogen and oxygen atoms in total. The summed E-state index contributed by atoms with van der Waals surface area (Å²) in [7, 11) is 0. The van der Waals surface area contributed by atoms with E-state index < -0.39 is 6.36 Å². The zero-order chi connectivity index (χ0) is 15.3. The summed E-state index contributed by atoms with van der Waals surface area (Å²) in [6, 6.07) is 13.8. The predicted octanol–water partition coefficient (Wildman–Crippen LogP) is 4.76. The lowest BCUT2D eigenvalue weighted by molar-refractivity contribution is -0.274. The van der Waals surface area contributed by atoms with Crippen LogP contribution in [0.2, 0.25) is 0 Å². The van der Waals surface area contributed by atoms with Crippen LogP contribution in [0.5, 0.6) is 5.75 Å². The third-order valence-electron chi connectivity index (χ3n) is 3.01. The lowest BCUT2D eigenvalue weighted by Crippen LogP contribution is -2.17. The molecule has 0 unspecified atom stereocenters. The average molecular weight is 295 g/mol. The van der Waals surface area contributed by atoms with E-state index in [1.54, 1.807) is 12.1 Å². The molecule has 0 amide bonds. The van der Waals surface area contributed by atoms with E-state index in [4.69, 9.17) is 0 Å². The number of hydrogen-bond acceptors (Lipinski definition) is 2. The Hall–Kier alpha value is -2.17. The van der Waals surface area contributed by atoms with Crippen molar-refractivity contribution < 1.29 is 17.9 Å². The molecular weight excluding hydrogens is 279 g/mol. The molecule has 0 spiro atoms. The number of halogens is 3. The van der Waals surface area contributed by atoms with Gasteiger partial charge in [0.15, 0.2) is 0 Å². The number of anilines is 1. The van der Waals surface area contributed by atoms with Gasteiger partial charge in [0, 0.05) is 12.2 Å². The van der Waals surface area contributed by atoms with Gasteiger partial charge in [-0.3, -0.25) is 0 Å². The van der Waals surface area contributed by atoms with E-state index in [1.165, 1.54) is 17.7 Å². The van der Waals surface area contributed by atoms with Crippen LogP contribution in [0.3, 0.4) is 0 Å². The number of rotatable bonds is 5. The highest BCUT2D eigenvalue weighted by molar-refractivity contribution is 5.51. The second-order valence-electron chi connectivity index (χ2n) is 4.56. The summed E-state index contributed by atoms with van der Waals surface area (Å²) < 4.78 is 40.5. The fraction of sp³-hybridized carbons (Fsp3) is 0.250. The van der Waals surface area contributed by atoms with Gasteiger partial charge in [0.2, 0.25) is 0 Å². The summed E-state index contributed by atoms with van der Waals surface area (Å²) >= 11 is 0. The SMILES string of the molecule is CCc1ccccc1NCc1cccc(OC(F)(F)F)c1. The first-order valence-electron chi connectivity index (χ1n) is 6.64. The van der Waals surface area contributed by atoms with Crippen molar-refractivity contribution in [2.45, 2.75) is 26.3 Å². The summed E-state index contributed by atoms with van der Waals surface area (Å²) in [5.74, 6) is -0.203. The first-order chi connectivity index (χ1) is 9.98. The van der Waals surface area contributed by atoms with Crippen LogP contribution < -0.4 is 10.1 Å². The molecule has 2 aromatic rings. The molecule has 112 valence electrons. The molecule has 0 heterocycles. The Kier molecular flexibility index (Phi) is 4.73.